The van der Waals surface area contributed by atoms with E-state index < -0.39 is 5.97 Å². The van der Waals surface area contributed by atoms with E-state index >= 15 is 0 Å². The van der Waals surface area contributed by atoms with E-state index in [4.69, 9.17) is 9.47 Å². The molecular weight excluding hydrogens is 270 g/mol. The van der Waals surface area contributed by atoms with Crippen LogP contribution in [0.4, 0.5) is 0 Å². The molecule has 6 heteroatoms. The molecule has 6 nitrogen and oxygen atoms in total. The summed E-state index contributed by atoms with van der Waals surface area (Å²) in [4.78, 5) is 11.9. The van der Waals surface area contributed by atoms with Gasteiger partial charge in [0.25, 0.3) is 0 Å². The van der Waals surface area contributed by atoms with Gasteiger partial charge in [-0.1, -0.05) is 18.2 Å². The smallest absolute Gasteiger partial charge is 0.376 e. The number of ether oxygens (including phenoxy) is 2. The molecule has 0 fully saturated rings. The van der Waals surface area contributed by atoms with Gasteiger partial charge in [0.05, 0.1) is 13.2 Å². The summed E-state index contributed by atoms with van der Waals surface area (Å²) in [5.41, 5.74) is 1.19. The van der Waals surface area contributed by atoms with Crippen molar-refractivity contribution >= 4 is 5.97 Å². The largest absolute Gasteiger partial charge is 0.488 e. The van der Waals surface area contributed by atoms with E-state index in [0.29, 0.717) is 19.0 Å². The number of esters is 1. The molecule has 1 aromatic heterocycles. The number of carbonyl (C=O) groups excluding carboxylic acids is 1. The first-order valence-electron chi connectivity index (χ1n) is 7.00. The molecule has 1 aliphatic rings. The van der Waals surface area contributed by atoms with Gasteiger partial charge in [-0.2, -0.15) is 0 Å². The Balaban J connectivity index is 1.78. The molecule has 1 unspecified atom stereocenters. The van der Waals surface area contributed by atoms with E-state index in [1.165, 1.54) is 5.56 Å². The van der Waals surface area contributed by atoms with Gasteiger partial charge in [-0.3, -0.25) is 0 Å². The van der Waals surface area contributed by atoms with Crippen molar-refractivity contribution in [3.05, 3.63) is 41.5 Å². The molecule has 110 valence electrons. The molecule has 21 heavy (non-hydrogen) atoms. The molecular formula is C15H17N3O3. The Morgan fingerprint density at radius 1 is 1.43 bits per heavy atom. The minimum absolute atomic E-state index is 0.0229. The summed E-state index contributed by atoms with van der Waals surface area (Å²) < 4.78 is 12.7. The monoisotopic (exact) mass is 287 g/mol. The van der Waals surface area contributed by atoms with Crippen LogP contribution >= 0.6 is 0 Å². The van der Waals surface area contributed by atoms with Crippen molar-refractivity contribution in [3.63, 3.8) is 0 Å². The molecule has 0 radical (unpaired) electrons. The third kappa shape index (κ3) is 2.61. The van der Waals surface area contributed by atoms with Gasteiger partial charge < -0.3 is 14.0 Å². The fraction of sp³-hybridized carbons (Fsp3) is 0.400. The van der Waals surface area contributed by atoms with Gasteiger partial charge in [-0.05, 0) is 25.5 Å². The summed E-state index contributed by atoms with van der Waals surface area (Å²) in [5.74, 6) is 1.37. The van der Waals surface area contributed by atoms with E-state index in [1.807, 2.05) is 25.1 Å². The van der Waals surface area contributed by atoms with Crippen LogP contribution in [0.15, 0.2) is 24.3 Å². The second-order valence-corrected chi connectivity index (χ2v) is 4.95. The Morgan fingerprint density at radius 2 is 2.24 bits per heavy atom. The van der Waals surface area contributed by atoms with Crippen LogP contribution < -0.4 is 4.74 Å². The van der Waals surface area contributed by atoms with Crippen molar-refractivity contribution in [2.45, 2.75) is 32.9 Å². The highest BCUT2D eigenvalue weighted by molar-refractivity contribution is 5.85. The topological polar surface area (TPSA) is 66.2 Å². The number of hydrogen-bond donors (Lipinski definition) is 0. The standard InChI is InChI=1S/C15H17N3O3/c1-3-20-15(19)14-17-16-10(2)18(14)9-12-8-11-6-4-5-7-13(11)21-12/h4-7,12H,3,8-9H2,1-2H3. The van der Waals surface area contributed by atoms with Gasteiger partial charge in [-0.25, -0.2) is 4.79 Å². The molecule has 2 heterocycles. The average molecular weight is 287 g/mol. The lowest BCUT2D eigenvalue weighted by Crippen LogP contribution is -2.25. The number of aromatic nitrogens is 3. The quantitative estimate of drug-likeness (QED) is 0.802. The molecule has 0 N–H and O–H groups in total. The summed E-state index contributed by atoms with van der Waals surface area (Å²) in [6, 6.07) is 7.97. The molecule has 1 aliphatic heterocycles. The third-order valence-electron chi connectivity index (χ3n) is 3.49. The zero-order chi connectivity index (χ0) is 14.8. The zero-order valence-electron chi connectivity index (χ0n) is 12.1. The molecule has 0 amide bonds. The summed E-state index contributed by atoms with van der Waals surface area (Å²) in [6.07, 6.45) is 0.793. The molecule has 2 aromatic rings. The highest BCUT2D eigenvalue weighted by Crippen LogP contribution is 2.29. The lowest BCUT2D eigenvalue weighted by molar-refractivity contribution is 0.0502. The lowest BCUT2D eigenvalue weighted by Gasteiger charge is -2.13. The van der Waals surface area contributed by atoms with Crippen molar-refractivity contribution in [1.29, 1.82) is 0 Å². The van der Waals surface area contributed by atoms with Crippen LogP contribution in [0.25, 0.3) is 0 Å². The van der Waals surface area contributed by atoms with Gasteiger partial charge in [-0.15, -0.1) is 10.2 Å². The number of benzene rings is 1. The number of hydrogen-bond acceptors (Lipinski definition) is 5. The van der Waals surface area contributed by atoms with Crippen molar-refractivity contribution in [2.24, 2.45) is 0 Å². The van der Waals surface area contributed by atoms with Gasteiger partial charge in [0, 0.05) is 6.42 Å². The van der Waals surface area contributed by atoms with Crippen molar-refractivity contribution < 1.29 is 14.3 Å². The second kappa shape index (κ2) is 5.55. The molecule has 1 aromatic carbocycles. The van der Waals surface area contributed by atoms with Crippen molar-refractivity contribution in [1.82, 2.24) is 14.8 Å². The van der Waals surface area contributed by atoms with Crippen LogP contribution in [0.2, 0.25) is 0 Å². The minimum atomic E-state index is -0.450. The Hall–Kier alpha value is -2.37. The maximum atomic E-state index is 11.9. The Kier molecular flexibility index (Phi) is 3.60. The highest BCUT2D eigenvalue weighted by Gasteiger charge is 2.26. The van der Waals surface area contributed by atoms with Crippen LogP contribution in [-0.4, -0.2) is 33.4 Å². The first kappa shape index (κ1) is 13.6. The Labute approximate surface area is 122 Å². The average Bonchev–Trinajstić information content (AvgIpc) is 3.03. The number of rotatable bonds is 4. The van der Waals surface area contributed by atoms with Crippen molar-refractivity contribution in [2.75, 3.05) is 6.61 Å². The summed E-state index contributed by atoms with van der Waals surface area (Å²) in [5, 5.41) is 7.88. The molecule has 0 aliphatic carbocycles. The van der Waals surface area contributed by atoms with Crippen LogP contribution in [0.1, 0.15) is 28.9 Å². The maximum Gasteiger partial charge on any atom is 0.376 e. The summed E-state index contributed by atoms with van der Waals surface area (Å²) >= 11 is 0. The van der Waals surface area contributed by atoms with Crippen LogP contribution in [0.5, 0.6) is 5.75 Å². The molecule has 3 rings (SSSR count). The highest BCUT2D eigenvalue weighted by atomic mass is 16.5. The van der Waals surface area contributed by atoms with Gasteiger partial charge >= 0.3 is 5.97 Å². The molecule has 0 saturated carbocycles. The number of nitrogens with zero attached hydrogens (tertiary/aromatic N) is 3. The maximum absolute atomic E-state index is 11.9. The van der Waals surface area contributed by atoms with E-state index in [9.17, 15) is 4.79 Å². The van der Waals surface area contributed by atoms with Gasteiger partial charge in [0.15, 0.2) is 0 Å². The molecule has 0 spiro atoms. The fourth-order valence-electron chi connectivity index (χ4n) is 2.51. The number of para-hydroxylation sites is 1. The number of aryl methyl sites for hydroxylation is 1. The second-order valence-electron chi connectivity index (χ2n) is 4.95. The number of fused-ring (bicyclic) bond motifs is 1. The third-order valence-corrected chi connectivity index (χ3v) is 3.49. The summed E-state index contributed by atoms with van der Waals surface area (Å²) in [6.45, 7) is 4.43. The molecule has 0 bridgehead atoms. The van der Waals surface area contributed by atoms with Crippen LogP contribution in [-0.2, 0) is 17.7 Å². The van der Waals surface area contributed by atoms with Crippen LogP contribution in [0, 0.1) is 6.92 Å². The molecule has 0 saturated heterocycles. The first-order chi connectivity index (χ1) is 10.2. The van der Waals surface area contributed by atoms with E-state index in [1.54, 1.807) is 11.5 Å². The minimum Gasteiger partial charge on any atom is -0.488 e. The van der Waals surface area contributed by atoms with Crippen LogP contribution in [0.3, 0.4) is 0 Å². The lowest BCUT2D eigenvalue weighted by atomic mass is 10.1. The SMILES string of the molecule is CCOC(=O)c1nnc(C)n1CC1Cc2ccccc2O1. The van der Waals surface area contributed by atoms with Gasteiger partial charge in [0.1, 0.15) is 17.7 Å². The van der Waals surface area contributed by atoms with E-state index in [-0.39, 0.29) is 11.9 Å². The zero-order valence-corrected chi connectivity index (χ0v) is 12.1. The molecule has 1 atom stereocenters. The van der Waals surface area contributed by atoms with Gasteiger partial charge in [0.2, 0.25) is 5.82 Å². The predicted molar refractivity (Wildman–Crippen MR) is 75.3 cm³/mol. The predicted octanol–water partition coefficient (Wildman–Crippen LogP) is 1.77. The van der Waals surface area contributed by atoms with E-state index in [2.05, 4.69) is 16.3 Å². The Bertz CT molecular complexity index is 641. The normalized spacial score (nSPS) is 16.4. The first-order valence-corrected chi connectivity index (χ1v) is 7.00. The number of carbonyl (C=O) groups is 1. The Morgan fingerprint density at radius 3 is 3.00 bits per heavy atom. The van der Waals surface area contributed by atoms with E-state index in [0.717, 1.165) is 12.2 Å². The fourth-order valence-corrected chi connectivity index (χ4v) is 2.51. The van der Waals surface area contributed by atoms with Crippen molar-refractivity contribution in [3.8, 4) is 5.75 Å². The summed E-state index contributed by atoms with van der Waals surface area (Å²) in [7, 11) is 0.